The molecule has 6 atom stereocenters. The molecule has 0 aliphatic rings. The first-order valence-corrected chi connectivity index (χ1v) is 19.6. The van der Waals surface area contributed by atoms with Crippen LogP contribution in [0.25, 0.3) is 0 Å². The highest BCUT2D eigenvalue weighted by molar-refractivity contribution is 5.89. The molecule has 15 nitrogen and oxygen atoms in total. The highest BCUT2D eigenvalue weighted by Gasteiger charge is 2.34. The number of aliphatic hydroxyl groups excluding tert-OH is 1. The number of hydrogen-bond donors (Lipinski definition) is 7. The van der Waals surface area contributed by atoms with Crippen LogP contribution in [0.4, 0.5) is 10.6 Å². The maximum absolute atomic E-state index is 13.8. The molecule has 0 aliphatic carbocycles. The highest BCUT2D eigenvalue weighted by Crippen LogP contribution is 2.23. The van der Waals surface area contributed by atoms with Crippen molar-refractivity contribution in [3.05, 3.63) is 53.5 Å². The van der Waals surface area contributed by atoms with Gasteiger partial charge in [-0.25, -0.2) is 14.8 Å². The van der Waals surface area contributed by atoms with E-state index in [2.05, 4.69) is 36.6 Å². The number of benzene rings is 1. The third kappa shape index (κ3) is 16.9. The summed E-state index contributed by atoms with van der Waals surface area (Å²) < 4.78 is 5.36. The zero-order valence-electron chi connectivity index (χ0n) is 34.9. The van der Waals surface area contributed by atoms with Crippen molar-refractivity contribution in [2.75, 3.05) is 12.3 Å². The second-order valence-electron chi connectivity index (χ2n) is 16.3. The fourth-order valence-corrected chi connectivity index (χ4v) is 6.04. The lowest BCUT2D eigenvalue weighted by molar-refractivity contribution is -0.134. The maximum atomic E-state index is 13.8. The number of nitrogens with one attached hydrogen (secondary N) is 5. The minimum Gasteiger partial charge on any atom is -0.444 e. The Balaban J connectivity index is 2.07. The number of nitrogens with zero attached hydrogens (tertiary/aromatic N) is 2. The summed E-state index contributed by atoms with van der Waals surface area (Å²) in [6, 6.07) is 6.76. The summed E-state index contributed by atoms with van der Waals surface area (Å²) in [6.45, 7) is 18.5. The quantitative estimate of drug-likeness (QED) is 0.0972. The molecule has 0 fully saturated rings. The molecule has 8 N–H and O–H groups in total. The predicted octanol–water partition coefficient (Wildman–Crippen LogP) is 3.71. The van der Waals surface area contributed by atoms with Gasteiger partial charge in [-0.1, -0.05) is 78.3 Å². The van der Waals surface area contributed by atoms with E-state index in [4.69, 9.17) is 10.5 Å². The van der Waals surface area contributed by atoms with Gasteiger partial charge in [0.15, 0.2) is 0 Å². The van der Waals surface area contributed by atoms with Crippen molar-refractivity contribution in [2.24, 2.45) is 23.7 Å². The first kappa shape index (κ1) is 47.4. The van der Waals surface area contributed by atoms with E-state index in [9.17, 15) is 29.1 Å². The van der Waals surface area contributed by atoms with E-state index in [1.165, 1.54) is 0 Å². The summed E-state index contributed by atoms with van der Waals surface area (Å²) >= 11 is 0. The average molecular weight is 783 g/mol. The van der Waals surface area contributed by atoms with Gasteiger partial charge in [0.25, 0.3) is 0 Å². The van der Waals surface area contributed by atoms with Crippen LogP contribution < -0.4 is 32.3 Å². The Labute approximate surface area is 332 Å². The molecular formula is C41H66N8O7. The van der Waals surface area contributed by atoms with Crippen molar-refractivity contribution >= 4 is 35.5 Å². The molecule has 15 heteroatoms. The van der Waals surface area contributed by atoms with Gasteiger partial charge in [0.2, 0.25) is 23.6 Å². The van der Waals surface area contributed by atoms with Gasteiger partial charge in [0, 0.05) is 43.6 Å². The van der Waals surface area contributed by atoms with Crippen LogP contribution in [0.15, 0.2) is 36.5 Å². The number of nitrogens with two attached hydrogens (primary N) is 1. The van der Waals surface area contributed by atoms with E-state index in [1.54, 1.807) is 33.9 Å². The minimum atomic E-state index is -1.08. The summed E-state index contributed by atoms with van der Waals surface area (Å²) in [5.41, 5.74) is 6.63. The van der Waals surface area contributed by atoms with Gasteiger partial charge < -0.3 is 42.2 Å². The number of aromatic nitrogens is 2. The fourth-order valence-electron chi connectivity index (χ4n) is 6.04. The van der Waals surface area contributed by atoms with Crippen LogP contribution >= 0.6 is 0 Å². The van der Waals surface area contributed by atoms with Crippen LogP contribution in [0, 0.1) is 30.6 Å². The second kappa shape index (κ2) is 22.7. The van der Waals surface area contributed by atoms with Crippen LogP contribution in [0.1, 0.15) is 105 Å². The Morgan fingerprint density at radius 2 is 1.55 bits per heavy atom. The van der Waals surface area contributed by atoms with Crippen LogP contribution in [-0.4, -0.2) is 81.2 Å². The molecule has 2 aromatic rings. The number of carbonyl (C=O) groups excluding carboxylic acids is 5. The molecular weight excluding hydrogens is 716 g/mol. The number of alkyl carbamates (subject to hydrolysis) is 1. The molecule has 1 aromatic heterocycles. The lowest BCUT2D eigenvalue weighted by atomic mass is 9.85. The van der Waals surface area contributed by atoms with Gasteiger partial charge in [-0.05, 0) is 63.9 Å². The number of anilines is 1. The molecule has 5 amide bonds. The highest BCUT2D eigenvalue weighted by atomic mass is 16.6. The van der Waals surface area contributed by atoms with Crippen LogP contribution in [0.5, 0.6) is 0 Å². The third-order valence-electron chi connectivity index (χ3n) is 9.38. The number of ether oxygens (including phenoxy) is 1. The third-order valence-corrected chi connectivity index (χ3v) is 9.38. The largest absolute Gasteiger partial charge is 0.444 e. The number of rotatable bonds is 21. The number of aliphatic hydroxyl groups is 1. The zero-order chi connectivity index (χ0) is 42.2. The normalized spacial score (nSPS) is 14.8. The lowest BCUT2D eigenvalue weighted by Gasteiger charge is -2.31. The van der Waals surface area contributed by atoms with Crippen LogP contribution in [0.3, 0.4) is 0 Å². The second-order valence-corrected chi connectivity index (χ2v) is 16.3. The monoisotopic (exact) mass is 783 g/mol. The molecule has 0 saturated heterocycles. The van der Waals surface area contributed by atoms with Crippen molar-refractivity contribution in [1.29, 1.82) is 0 Å². The topological polar surface area (TPSA) is 227 Å². The van der Waals surface area contributed by atoms with E-state index < -0.39 is 53.7 Å². The fraction of sp³-hybridized carbons (Fsp3) is 0.634. The van der Waals surface area contributed by atoms with Gasteiger partial charge in [0.1, 0.15) is 29.3 Å². The molecule has 0 unspecified atom stereocenters. The Morgan fingerprint density at radius 1 is 0.893 bits per heavy atom. The summed E-state index contributed by atoms with van der Waals surface area (Å²) in [4.78, 5) is 74.4. The van der Waals surface area contributed by atoms with Crippen molar-refractivity contribution in [1.82, 2.24) is 36.6 Å². The number of aryl methyl sites for hydroxylation is 1. The van der Waals surface area contributed by atoms with Crippen LogP contribution in [-0.2, 0) is 36.9 Å². The van der Waals surface area contributed by atoms with Gasteiger partial charge in [-0.3, -0.25) is 19.2 Å². The van der Waals surface area contributed by atoms with Crippen LogP contribution in [0.2, 0.25) is 0 Å². The molecule has 1 aromatic carbocycles. The molecule has 1 heterocycles. The van der Waals surface area contributed by atoms with Crippen molar-refractivity contribution < 1.29 is 33.8 Å². The summed E-state index contributed by atoms with van der Waals surface area (Å²) in [6.07, 6.45) is 0.980. The molecule has 0 saturated carbocycles. The van der Waals surface area contributed by atoms with Gasteiger partial charge in [-0.15, -0.1) is 0 Å². The molecule has 312 valence electrons. The summed E-state index contributed by atoms with van der Waals surface area (Å²) in [5, 5.41) is 25.6. The Morgan fingerprint density at radius 3 is 2.12 bits per heavy atom. The summed E-state index contributed by atoms with van der Waals surface area (Å²) in [5.74, 6) is -1.80. The number of hydrogen-bond acceptors (Lipinski definition) is 10. The van der Waals surface area contributed by atoms with Crippen molar-refractivity contribution in [2.45, 2.75) is 138 Å². The molecule has 56 heavy (non-hydrogen) atoms. The Kier molecular flexibility index (Phi) is 19.2. The Bertz CT molecular complexity index is 1580. The van der Waals surface area contributed by atoms with Crippen molar-refractivity contribution in [3.63, 3.8) is 0 Å². The minimum absolute atomic E-state index is 0.0178. The smallest absolute Gasteiger partial charge is 0.408 e. The maximum Gasteiger partial charge on any atom is 0.408 e. The van der Waals surface area contributed by atoms with Gasteiger partial charge >= 0.3 is 6.09 Å². The zero-order valence-corrected chi connectivity index (χ0v) is 34.9. The standard InChI is InChI=1S/C41H66N8O7/c1-11-26(6)35(39(54)45-23-29-22-44-27(7)46-36(29)42)49-37(52)30(25(4)5)21-33(50)31(19-24(2)3)47-34(51)17-18-43-38(53)32(20-28-15-13-12-14-16-28)48-40(55)56-41(8,9)10/h12-16,22,24-26,30-33,35,50H,11,17-21,23H2,1-10H3,(H,43,53)(H,45,54)(H,47,51)(H,48,55)(H,49,52)(H2,42,44,46)/t26-,30-,31-,32-,33-,35-/m0/s1. The van der Waals surface area contributed by atoms with E-state index in [0.717, 1.165) is 5.56 Å². The number of amides is 5. The molecule has 0 spiro atoms. The predicted molar refractivity (Wildman–Crippen MR) is 216 cm³/mol. The van der Waals surface area contributed by atoms with E-state index in [0.29, 0.717) is 24.2 Å². The van der Waals surface area contributed by atoms with Gasteiger partial charge in [0.05, 0.1) is 12.1 Å². The van der Waals surface area contributed by atoms with E-state index >= 15 is 0 Å². The number of nitrogen functional groups attached to an aromatic ring is 1. The van der Waals surface area contributed by atoms with Crippen molar-refractivity contribution in [3.8, 4) is 0 Å². The Hall–Kier alpha value is -4.79. The number of carbonyl (C=O) groups is 5. The average Bonchev–Trinajstić information content (AvgIpc) is 3.10. The SMILES string of the molecule is CC[C@H](C)[C@H](NC(=O)[C@@H](C[C@H](O)[C@H](CC(C)C)NC(=O)CCNC(=O)[C@H](Cc1ccccc1)NC(=O)OC(C)(C)C)C(C)C)C(=O)NCc1cnc(C)nc1N. The molecule has 0 bridgehead atoms. The molecule has 2 rings (SSSR count). The van der Waals surface area contributed by atoms with E-state index in [-0.39, 0.29) is 67.7 Å². The molecule has 0 radical (unpaired) electrons. The first-order chi connectivity index (χ1) is 26.2. The van der Waals surface area contributed by atoms with Gasteiger partial charge in [-0.2, -0.15) is 0 Å². The summed E-state index contributed by atoms with van der Waals surface area (Å²) in [7, 11) is 0. The molecule has 0 aliphatic heterocycles. The first-order valence-electron chi connectivity index (χ1n) is 19.6. The van der Waals surface area contributed by atoms with E-state index in [1.807, 2.05) is 71.9 Å². The lowest BCUT2D eigenvalue weighted by Crippen LogP contribution is -2.53.